The fourth-order valence-corrected chi connectivity index (χ4v) is 2.32. The van der Waals surface area contributed by atoms with Gasteiger partial charge in [0.1, 0.15) is 11.0 Å². The van der Waals surface area contributed by atoms with Crippen LogP contribution in [0.25, 0.3) is 10.9 Å². The van der Waals surface area contributed by atoms with Crippen LogP contribution in [0.4, 0.5) is 4.39 Å². The number of pyridine rings is 1. The Hall–Kier alpha value is -1.97. The topological polar surface area (TPSA) is 22.1 Å². The van der Waals surface area contributed by atoms with Crippen molar-refractivity contribution < 1.29 is 9.13 Å². The molecule has 1 aromatic heterocycles. The summed E-state index contributed by atoms with van der Waals surface area (Å²) in [4.78, 5) is 4.33. The number of fused-ring (bicyclic) bond motifs is 1. The van der Waals surface area contributed by atoms with E-state index in [4.69, 9.17) is 16.3 Å². The van der Waals surface area contributed by atoms with E-state index in [0.29, 0.717) is 17.3 Å². The maximum atomic E-state index is 13.5. The molecule has 0 aliphatic rings. The van der Waals surface area contributed by atoms with Crippen molar-refractivity contribution in [1.82, 2.24) is 4.98 Å². The number of ether oxygens (including phenoxy) is 1. The minimum atomic E-state index is -0.264. The summed E-state index contributed by atoms with van der Waals surface area (Å²) >= 11 is 6.15. The summed E-state index contributed by atoms with van der Waals surface area (Å²) in [6.07, 6.45) is 0. The van der Waals surface area contributed by atoms with Gasteiger partial charge in [0.25, 0.3) is 0 Å². The van der Waals surface area contributed by atoms with Crippen LogP contribution in [0.1, 0.15) is 11.1 Å². The molecule has 0 atom stereocenters. The van der Waals surface area contributed by atoms with E-state index in [1.807, 2.05) is 30.3 Å². The zero-order valence-corrected chi connectivity index (χ0v) is 12.0. The number of halogens is 2. The Morgan fingerprint density at radius 2 is 1.67 bits per heavy atom. The van der Waals surface area contributed by atoms with Crippen LogP contribution in [0.2, 0.25) is 5.15 Å². The molecule has 3 rings (SSSR count). The second kappa shape index (κ2) is 6.20. The Morgan fingerprint density at radius 3 is 2.52 bits per heavy atom. The van der Waals surface area contributed by atoms with Gasteiger partial charge >= 0.3 is 0 Å². The molecule has 2 nitrogen and oxygen atoms in total. The van der Waals surface area contributed by atoms with Crippen LogP contribution in [0.3, 0.4) is 0 Å². The second-order valence-corrected chi connectivity index (χ2v) is 5.07. The van der Waals surface area contributed by atoms with Crippen molar-refractivity contribution in [2.45, 2.75) is 13.2 Å². The Bertz CT molecular complexity index is 776. The van der Waals surface area contributed by atoms with Gasteiger partial charge in [-0.15, -0.1) is 0 Å². The van der Waals surface area contributed by atoms with Gasteiger partial charge in [-0.25, -0.2) is 9.37 Å². The van der Waals surface area contributed by atoms with E-state index in [2.05, 4.69) is 4.98 Å². The number of rotatable bonds is 4. The van der Waals surface area contributed by atoms with Gasteiger partial charge in [-0.3, -0.25) is 0 Å². The van der Waals surface area contributed by atoms with E-state index in [1.54, 1.807) is 18.2 Å². The van der Waals surface area contributed by atoms with Gasteiger partial charge in [0.15, 0.2) is 0 Å². The molecule has 4 heteroatoms. The summed E-state index contributed by atoms with van der Waals surface area (Å²) in [6, 6.07) is 16.3. The molecule has 0 spiro atoms. The summed E-state index contributed by atoms with van der Waals surface area (Å²) in [7, 11) is 0. The fraction of sp³-hybridized carbons (Fsp3) is 0.118. The quantitative estimate of drug-likeness (QED) is 0.649. The Morgan fingerprint density at radius 1 is 0.952 bits per heavy atom. The first-order valence-corrected chi connectivity index (χ1v) is 6.97. The first-order chi connectivity index (χ1) is 10.2. The Balaban J connectivity index is 1.73. The summed E-state index contributed by atoms with van der Waals surface area (Å²) in [6.45, 7) is 0.501. The van der Waals surface area contributed by atoms with Gasteiger partial charge in [-0.1, -0.05) is 48.0 Å². The molecule has 2 aromatic carbocycles. The molecule has 3 aromatic rings. The lowest BCUT2D eigenvalue weighted by Crippen LogP contribution is -1.98. The molecule has 0 radical (unpaired) electrons. The molecule has 0 bridgehead atoms. The molecular weight excluding hydrogens is 289 g/mol. The van der Waals surface area contributed by atoms with Crippen LogP contribution in [-0.4, -0.2) is 4.98 Å². The molecule has 0 aliphatic heterocycles. The molecule has 0 aliphatic carbocycles. The molecule has 0 saturated heterocycles. The predicted octanol–water partition coefficient (Wildman–Crippen LogP) is 4.74. The zero-order chi connectivity index (χ0) is 14.7. The normalized spacial score (nSPS) is 11.0. The molecule has 0 unspecified atom stereocenters. The lowest BCUT2D eigenvalue weighted by molar-refractivity contribution is 0.105. The van der Waals surface area contributed by atoms with Crippen LogP contribution < -0.4 is 0 Å². The van der Waals surface area contributed by atoms with E-state index < -0.39 is 0 Å². The minimum absolute atomic E-state index is 0.204. The monoisotopic (exact) mass is 301 g/mol. The molecular formula is C17H13ClFNO. The predicted molar refractivity (Wildman–Crippen MR) is 81.6 cm³/mol. The summed E-state index contributed by atoms with van der Waals surface area (Å²) in [5, 5.41) is 1.42. The maximum Gasteiger partial charge on any atom is 0.135 e. The van der Waals surface area contributed by atoms with Crippen molar-refractivity contribution in [2.75, 3.05) is 0 Å². The highest BCUT2D eigenvalue weighted by Crippen LogP contribution is 2.21. The highest BCUT2D eigenvalue weighted by molar-refractivity contribution is 6.30. The largest absolute Gasteiger partial charge is 0.372 e. The van der Waals surface area contributed by atoms with E-state index in [0.717, 1.165) is 16.5 Å². The van der Waals surface area contributed by atoms with Crippen LogP contribution in [-0.2, 0) is 18.0 Å². The van der Waals surface area contributed by atoms with Crippen molar-refractivity contribution in [1.29, 1.82) is 0 Å². The molecule has 0 N–H and O–H groups in total. The van der Waals surface area contributed by atoms with Gasteiger partial charge in [0.05, 0.1) is 18.7 Å². The van der Waals surface area contributed by atoms with Crippen molar-refractivity contribution in [3.63, 3.8) is 0 Å². The van der Waals surface area contributed by atoms with Crippen molar-refractivity contribution >= 4 is 22.5 Å². The average molecular weight is 302 g/mol. The van der Waals surface area contributed by atoms with Crippen LogP contribution in [0.5, 0.6) is 0 Å². The highest BCUT2D eigenvalue weighted by Gasteiger charge is 2.06. The lowest BCUT2D eigenvalue weighted by Gasteiger charge is -2.08. The average Bonchev–Trinajstić information content (AvgIpc) is 2.49. The number of hydrogen-bond acceptors (Lipinski definition) is 2. The van der Waals surface area contributed by atoms with Crippen molar-refractivity contribution in [3.8, 4) is 0 Å². The summed E-state index contributed by atoms with van der Waals surface area (Å²) < 4.78 is 19.0. The lowest BCUT2D eigenvalue weighted by atomic mass is 10.2. The zero-order valence-electron chi connectivity index (χ0n) is 11.2. The SMILES string of the molecule is Fc1ccccc1COCc1cc2ccccc2nc1Cl. The van der Waals surface area contributed by atoms with E-state index in [-0.39, 0.29) is 12.4 Å². The molecule has 106 valence electrons. The first-order valence-electron chi connectivity index (χ1n) is 6.59. The van der Waals surface area contributed by atoms with Gasteiger partial charge in [0.2, 0.25) is 0 Å². The molecule has 0 saturated carbocycles. The molecule has 1 heterocycles. The Kier molecular flexibility index (Phi) is 4.13. The number of para-hydroxylation sites is 1. The van der Waals surface area contributed by atoms with Crippen molar-refractivity contribution in [2.24, 2.45) is 0 Å². The summed E-state index contributed by atoms with van der Waals surface area (Å²) in [5.74, 6) is -0.264. The number of benzene rings is 2. The van der Waals surface area contributed by atoms with Gasteiger partial charge in [-0.05, 0) is 18.2 Å². The van der Waals surface area contributed by atoms with Crippen molar-refractivity contribution in [3.05, 3.63) is 76.7 Å². The fourth-order valence-electron chi connectivity index (χ4n) is 2.12. The van der Waals surface area contributed by atoms with E-state index in [9.17, 15) is 4.39 Å². The first kappa shape index (κ1) is 14.0. The van der Waals surface area contributed by atoms with Gasteiger partial charge in [-0.2, -0.15) is 0 Å². The molecule has 0 fully saturated rings. The van der Waals surface area contributed by atoms with Crippen LogP contribution in [0.15, 0.2) is 54.6 Å². The summed E-state index contributed by atoms with van der Waals surface area (Å²) in [5.41, 5.74) is 2.18. The third-order valence-corrected chi connectivity index (χ3v) is 3.55. The standard InChI is InChI=1S/C17H13ClFNO/c18-17-14(9-12-5-2-4-8-16(12)20-17)11-21-10-13-6-1-3-7-15(13)19/h1-9H,10-11H2. The minimum Gasteiger partial charge on any atom is -0.372 e. The van der Waals surface area contributed by atoms with Crippen LogP contribution >= 0.6 is 11.6 Å². The van der Waals surface area contributed by atoms with E-state index in [1.165, 1.54) is 6.07 Å². The smallest absolute Gasteiger partial charge is 0.135 e. The molecule has 21 heavy (non-hydrogen) atoms. The van der Waals surface area contributed by atoms with Crippen LogP contribution in [0, 0.1) is 5.82 Å². The number of aromatic nitrogens is 1. The van der Waals surface area contributed by atoms with Gasteiger partial charge < -0.3 is 4.74 Å². The Labute approximate surface area is 127 Å². The van der Waals surface area contributed by atoms with Gasteiger partial charge in [0, 0.05) is 16.5 Å². The number of hydrogen-bond donors (Lipinski definition) is 0. The third kappa shape index (κ3) is 3.20. The maximum absolute atomic E-state index is 13.5. The second-order valence-electron chi connectivity index (χ2n) is 4.72. The highest BCUT2D eigenvalue weighted by atomic mass is 35.5. The number of nitrogens with zero attached hydrogens (tertiary/aromatic N) is 1. The van der Waals surface area contributed by atoms with E-state index >= 15 is 0 Å². The molecule has 0 amide bonds. The third-order valence-electron chi connectivity index (χ3n) is 3.22.